The minimum atomic E-state index is -0.0442. The summed E-state index contributed by atoms with van der Waals surface area (Å²) in [5.41, 5.74) is 7.75. The van der Waals surface area contributed by atoms with Gasteiger partial charge in [0.15, 0.2) is 6.29 Å². The van der Waals surface area contributed by atoms with Crippen molar-refractivity contribution in [3.63, 3.8) is 0 Å². The highest BCUT2D eigenvalue weighted by molar-refractivity contribution is 5.18. The van der Waals surface area contributed by atoms with Crippen LogP contribution in [0.3, 0.4) is 0 Å². The predicted molar refractivity (Wildman–Crippen MR) is 121 cm³/mol. The van der Waals surface area contributed by atoms with E-state index in [1.807, 2.05) is 0 Å². The minimum absolute atomic E-state index is 0.0442. The highest BCUT2D eigenvalue weighted by Gasteiger charge is 2.47. The van der Waals surface area contributed by atoms with Crippen molar-refractivity contribution < 1.29 is 9.47 Å². The lowest BCUT2D eigenvalue weighted by Gasteiger charge is -2.40. The molecule has 0 amide bonds. The maximum Gasteiger partial charge on any atom is 0.161 e. The van der Waals surface area contributed by atoms with E-state index in [1.54, 1.807) is 0 Å². The summed E-state index contributed by atoms with van der Waals surface area (Å²) in [5.74, 6) is 2.91. The van der Waals surface area contributed by atoms with E-state index < -0.39 is 0 Å². The van der Waals surface area contributed by atoms with Gasteiger partial charge in [0, 0.05) is 36.6 Å². The topological polar surface area (TPSA) is 78.4 Å². The molecule has 1 aromatic heterocycles. The first-order valence-electron chi connectivity index (χ1n) is 12.4. The number of aromatic nitrogens is 3. The molecule has 0 spiro atoms. The largest absolute Gasteiger partial charge is 0.352 e. The summed E-state index contributed by atoms with van der Waals surface area (Å²) in [6, 6.07) is 12.4. The monoisotopic (exact) mass is 437 g/mol. The van der Waals surface area contributed by atoms with Crippen LogP contribution in [0.15, 0.2) is 30.3 Å². The quantitative estimate of drug-likeness (QED) is 0.747. The van der Waals surface area contributed by atoms with Crippen molar-refractivity contribution in [3.05, 3.63) is 47.5 Å². The summed E-state index contributed by atoms with van der Waals surface area (Å²) in [6.45, 7) is 4.70. The number of benzene rings is 1. The molecule has 7 nitrogen and oxygen atoms in total. The number of nitrogens with zero attached hydrogens (tertiary/aromatic N) is 4. The van der Waals surface area contributed by atoms with Gasteiger partial charge >= 0.3 is 0 Å². The molecule has 0 aliphatic carbocycles. The van der Waals surface area contributed by atoms with E-state index in [1.165, 1.54) is 31.2 Å². The van der Waals surface area contributed by atoms with Crippen molar-refractivity contribution in [2.75, 3.05) is 19.8 Å². The lowest BCUT2D eigenvalue weighted by atomic mass is 9.91. The summed E-state index contributed by atoms with van der Waals surface area (Å²) in [5, 5.41) is 9.18. The van der Waals surface area contributed by atoms with Gasteiger partial charge in [-0.1, -0.05) is 30.3 Å². The van der Waals surface area contributed by atoms with Gasteiger partial charge in [0.2, 0.25) is 0 Å². The Bertz CT molecular complexity index is 920. The molecule has 4 aliphatic rings. The fourth-order valence-corrected chi connectivity index (χ4v) is 6.80. The van der Waals surface area contributed by atoms with Crippen LogP contribution in [0.1, 0.15) is 73.7 Å². The van der Waals surface area contributed by atoms with E-state index in [0.717, 1.165) is 37.6 Å². The maximum absolute atomic E-state index is 6.51. The number of rotatable bonds is 6. The van der Waals surface area contributed by atoms with Crippen LogP contribution in [0.25, 0.3) is 0 Å². The SMILES string of the molecule is Cc1nnc([C@H]2CO[C@H]3OCC[C@H]32)n1C1CC2CCC(C1)N2CC[C@H](N)c1ccccc1. The van der Waals surface area contributed by atoms with Crippen LogP contribution in [-0.4, -0.2) is 57.8 Å². The van der Waals surface area contributed by atoms with Gasteiger partial charge in [-0.05, 0) is 51.0 Å². The Morgan fingerprint density at radius 1 is 1.03 bits per heavy atom. The standard InChI is InChI=1S/C25H35N5O2/c1-16-27-28-24(22-15-32-25-21(22)10-12-31-25)30(16)20-13-18-7-8-19(14-20)29(18)11-9-23(26)17-5-3-2-4-6-17/h2-6,18-23,25H,7-15,26H2,1H3/t18?,19?,20?,21-,22-,23-,25+/m0/s1. The second kappa shape index (κ2) is 8.52. The summed E-state index contributed by atoms with van der Waals surface area (Å²) in [7, 11) is 0. The lowest BCUT2D eigenvalue weighted by Crippen LogP contribution is -2.44. The highest BCUT2D eigenvalue weighted by Crippen LogP contribution is 2.45. The van der Waals surface area contributed by atoms with Crippen LogP contribution >= 0.6 is 0 Å². The first-order chi connectivity index (χ1) is 15.7. The lowest BCUT2D eigenvalue weighted by molar-refractivity contribution is -0.0905. The Morgan fingerprint density at radius 2 is 1.81 bits per heavy atom. The summed E-state index contributed by atoms with van der Waals surface area (Å²) in [4.78, 5) is 2.75. The number of ether oxygens (including phenoxy) is 2. The van der Waals surface area contributed by atoms with Gasteiger partial charge in [-0.2, -0.15) is 0 Å². The Morgan fingerprint density at radius 3 is 2.59 bits per heavy atom. The molecule has 0 saturated carbocycles. The summed E-state index contributed by atoms with van der Waals surface area (Å²) in [6.07, 6.45) is 6.99. The van der Waals surface area contributed by atoms with Crippen LogP contribution in [-0.2, 0) is 9.47 Å². The molecule has 4 fully saturated rings. The van der Waals surface area contributed by atoms with Gasteiger partial charge < -0.3 is 19.8 Å². The molecule has 0 radical (unpaired) electrons. The second-order valence-corrected chi connectivity index (χ2v) is 10.2. The van der Waals surface area contributed by atoms with Crippen molar-refractivity contribution in [2.24, 2.45) is 11.7 Å². The third kappa shape index (κ3) is 3.59. The zero-order valence-corrected chi connectivity index (χ0v) is 19.0. The molecule has 5 heterocycles. The van der Waals surface area contributed by atoms with E-state index in [2.05, 4.69) is 56.9 Å². The molecule has 2 N–H and O–H groups in total. The van der Waals surface area contributed by atoms with E-state index in [-0.39, 0.29) is 12.3 Å². The van der Waals surface area contributed by atoms with E-state index in [0.29, 0.717) is 36.6 Å². The minimum Gasteiger partial charge on any atom is -0.352 e. The number of piperidine rings is 1. The fraction of sp³-hybridized carbons (Fsp3) is 0.680. The molecular formula is C25H35N5O2. The van der Waals surface area contributed by atoms with E-state index in [4.69, 9.17) is 15.2 Å². The van der Waals surface area contributed by atoms with Gasteiger partial charge in [0.05, 0.1) is 19.1 Å². The van der Waals surface area contributed by atoms with Gasteiger partial charge in [-0.15, -0.1) is 10.2 Å². The van der Waals surface area contributed by atoms with Crippen molar-refractivity contribution in [3.8, 4) is 0 Å². The first kappa shape index (κ1) is 20.8. The first-order valence-corrected chi connectivity index (χ1v) is 12.4. The molecule has 172 valence electrons. The smallest absolute Gasteiger partial charge is 0.161 e. The van der Waals surface area contributed by atoms with Crippen LogP contribution in [0.2, 0.25) is 0 Å². The summed E-state index contributed by atoms with van der Waals surface area (Å²) >= 11 is 0. The number of aryl methyl sites for hydroxylation is 1. The van der Waals surface area contributed by atoms with Gasteiger partial charge in [0.25, 0.3) is 0 Å². The normalized spacial score (nSPS) is 35.3. The molecule has 2 bridgehead atoms. The van der Waals surface area contributed by atoms with Crippen molar-refractivity contribution >= 4 is 0 Å². The molecule has 6 rings (SSSR count). The average Bonchev–Trinajstić information content (AvgIpc) is 3.56. The predicted octanol–water partition coefficient (Wildman–Crippen LogP) is 3.32. The molecule has 2 unspecified atom stereocenters. The van der Waals surface area contributed by atoms with Crippen molar-refractivity contribution in [1.29, 1.82) is 0 Å². The molecule has 7 heteroatoms. The van der Waals surface area contributed by atoms with Gasteiger partial charge in [-0.3, -0.25) is 4.90 Å². The number of fused-ring (bicyclic) bond motifs is 3. The van der Waals surface area contributed by atoms with E-state index >= 15 is 0 Å². The second-order valence-electron chi connectivity index (χ2n) is 10.2. The average molecular weight is 438 g/mol. The fourth-order valence-electron chi connectivity index (χ4n) is 6.80. The Labute approximate surface area is 190 Å². The van der Waals surface area contributed by atoms with Crippen molar-refractivity contribution in [1.82, 2.24) is 19.7 Å². The Balaban J connectivity index is 1.15. The Kier molecular flexibility index (Phi) is 5.53. The summed E-state index contributed by atoms with van der Waals surface area (Å²) < 4.78 is 14.2. The van der Waals surface area contributed by atoms with Crippen LogP contribution in [0.5, 0.6) is 0 Å². The van der Waals surface area contributed by atoms with Crippen molar-refractivity contribution in [2.45, 2.75) is 81.8 Å². The van der Waals surface area contributed by atoms with Gasteiger partial charge in [-0.25, -0.2) is 0 Å². The number of hydrogen-bond acceptors (Lipinski definition) is 6. The molecule has 1 aromatic carbocycles. The molecular weight excluding hydrogens is 402 g/mol. The molecule has 4 saturated heterocycles. The third-order valence-corrected chi connectivity index (χ3v) is 8.41. The zero-order chi connectivity index (χ0) is 21.7. The Hall–Kier alpha value is -1.80. The number of hydrogen-bond donors (Lipinski definition) is 1. The van der Waals surface area contributed by atoms with Gasteiger partial charge in [0.1, 0.15) is 11.6 Å². The molecule has 2 aromatic rings. The highest BCUT2D eigenvalue weighted by atomic mass is 16.7. The van der Waals surface area contributed by atoms with E-state index in [9.17, 15) is 0 Å². The number of nitrogens with two attached hydrogens (primary N) is 1. The third-order valence-electron chi connectivity index (χ3n) is 8.41. The molecule has 6 atom stereocenters. The zero-order valence-electron chi connectivity index (χ0n) is 19.0. The van der Waals surface area contributed by atoms with Crippen LogP contribution in [0.4, 0.5) is 0 Å². The molecule has 4 aliphatic heterocycles. The maximum atomic E-state index is 6.51. The van der Waals surface area contributed by atoms with Crippen LogP contribution in [0, 0.1) is 12.8 Å². The van der Waals surface area contributed by atoms with Crippen LogP contribution < -0.4 is 5.73 Å². The molecule has 32 heavy (non-hydrogen) atoms.